The highest BCUT2D eigenvalue weighted by atomic mass is 16.5. The fourth-order valence-corrected chi connectivity index (χ4v) is 2.15. The van der Waals surface area contributed by atoms with Crippen molar-refractivity contribution >= 4 is 18.0 Å². The lowest BCUT2D eigenvalue weighted by Crippen LogP contribution is -2.28. The Morgan fingerprint density at radius 2 is 2.00 bits per heavy atom. The Kier molecular flexibility index (Phi) is 7.18. The molecule has 0 unspecified atom stereocenters. The maximum atomic E-state index is 11.9. The molecule has 0 heterocycles. The van der Waals surface area contributed by atoms with Gasteiger partial charge in [0.25, 0.3) is 11.8 Å². The lowest BCUT2D eigenvalue weighted by Gasteiger charge is -2.11. The number of aromatic hydroxyl groups is 1. The highest BCUT2D eigenvalue weighted by molar-refractivity contribution is 5.95. The lowest BCUT2D eigenvalue weighted by atomic mass is 10.2. The molecule has 0 radical (unpaired) electrons. The van der Waals surface area contributed by atoms with Crippen LogP contribution in [0.15, 0.2) is 47.6 Å². The van der Waals surface area contributed by atoms with E-state index in [9.17, 15) is 14.7 Å². The number of rotatable bonds is 8. The van der Waals surface area contributed by atoms with Crippen molar-refractivity contribution in [2.45, 2.75) is 6.92 Å². The van der Waals surface area contributed by atoms with Crippen LogP contribution in [0.3, 0.4) is 0 Å². The van der Waals surface area contributed by atoms with E-state index in [1.807, 2.05) is 6.92 Å². The summed E-state index contributed by atoms with van der Waals surface area (Å²) < 4.78 is 10.7. The number of phenolic OH excluding ortho intramolecular Hbond substituents is 1. The molecule has 0 aliphatic rings. The van der Waals surface area contributed by atoms with Crippen LogP contribution in [0.2, 0.25) is 0 Å². The highest BCUT2D eigenvalue weighted by Crippen LogP contribution is 2.27. The molecular weight excluding hydrogens is 350 g/mol. The molecule has 0 spiro atoms. The number of likely N-dealkylation sites (N-methyl/N-ethyl adjacent to an activating group) is 1. The molecule has 0 aliphatic heterocycles. The number of nitrogens with zero attached hydrogens (tertiary/aromatic N) is 1. The van der Waals surface area contributed by atoms with Crippen LogP contribution in [0.5, 0.6) is 17.2 Å². The minimum absolute atomic E-state index is 0.000395. The predicted molar refractivity (Wildman–Crippen MR) is 100 cm³/mol. The van der Waals surface area contributed by atoms with Crippen LogP contribution < -0.4 is 20.2 Å². The second-order valence-electron chi connectivity index (χ2n) is 5.40. The first kappa shape index (κ1) is 19.8. The predicted octanol–water partition coefficient (Wildman–Crippen LogP) is 1.68. The zero-order valence-electron chi connectivity index (χ0n) is 15.1. The summed E-state index contributed by atoms with van der Waals surface area (Å²) in [6, 6.07) is 11.0. The van der Waals surface area contributed by atoms with Crippen LogP contribution in [0.1, 0.15) is 22.8 Å². The van der Waals surface area contributed by atoms with Crippen LogP contribution in [0, 0.1) is 0 Å². The van der Waals surface area contributed by atoms with Gasteiger partial charge < -0.3 is 19.9 Å². The standard InChI is InChI=1S/C19H21N3O5/c1-3-20-18(24)12-27-16-8-7-13(9-17(16)26-2)11-21-22-19(25)14-5-4-6-15(23)10-14/h4-11,23H,3,12H2,1-2H3,(H,20,24)(H,22,25)/b21-11-. The maximum Gasteiger partial charge on any atom is 0.271 e. The number of hydrogen-bond donors (Lipinski definition) is 3. The van der Waals surface area contributed by atoms with E-state index in [4.69, 9.17) is 9.47 Å². The molecule has 0 atom stereocenters. The van der Waals surface area contributed by atoms with Crippen molar-refractivity contribution < 1.29 is 24.2 Å². The van der Waals surface area contributed by atoms with Gasteiger partial charge in [-0.05, 0) is 48.9 Å². The van der Waals surface area contributed by atoms with Crippen molar-refractivity contribution in [1.29, 1.82) is 0 Å². The molecule has 2 amide bonds. The maximum absolute atomic E-state index is 11.9. The highest BCUT2D eigenvalue weighted by Gasteiger charge is 2.08. The van der Waals surface area contributed by atoms with Crippen LogP contribution >= 0.6 is 0 Å². The zero-order chi connectivity index (χ0) is 19.6. The third-order valence-corrected chi connectivity index (χ3v) is 3.41. The molecule has 0 aromatic heterocycles. The summed E-state index contributed by atoms with van der Waals surface area (Å²) in [5, 5.41) is 15.9. The van der Waals surface area contributed by atoms with E-state index in [0.29, 0.717) is 29.2 Å². The van der Waals surface area contributed by atoms with Crippen molar-refractivity contribution in [1.82, 2.24) is 10.7 Å². The molecule has 142 valence electrons. The molecule has 8 nitrogen and oxygen atoms in total. The molecule has 0 aliphatic carbocycles. The summed E-state index contributed by atoms with van der Waals surface area (Å²) in [5.74, 6) is 0.183. The van der Waals surface area contributed by atoms with Crippen molar-refractivity contribution in [3.8, 4) is 17.2 Å². The van der Waals surface area contributed by atoms with E-state index < -0.39 is 5.91 Å². The molecule has 27 heavy (non-hydrogen) atoms. The number of amides is 2. The summed E-state index contributed by atoms with van der Waals surface area (Å²) in [6.45, 7) is 2.24. The van der Waals surface area contributed by atoms with E-state index in [-0.39, 0.29) is 18.3 Å². The number of hydrazone groups is 1. The van der Waals surface area contributed by atoms with Crippen LogP contribution in [0.4, 0.5) is 0 Å². The van der Waals surface area contributed by atoms with Crippen molar-refractivity contribution in [3.05, 3.63) is 53.6 Å². The van der Waals surface area contributed by atoms with Gasteiger partial charge in [-0.15, -0.1) is 0 Å². The molecule has 2 aromatic carbocycles. The minimum Gasteiger partial charge on any atom is -0.508 e. The van der Waals surface area contributed by atoms with Crippen molar-refractivity contribution in [2.24, 2.45) is 5.10 Å². The fraction of sp³-hybridized carbons (Fsp3) is 0.211. The smallest absolute Gasteiger partial charge is 0.271 e. The van der Waals surface area contributed by atoms with E-state index in [2.05, 4.69) is 15.8 Å². The summed E-state index contributed by atoms with van der Waals surface area (Å²) in [5.41, 5.74) is 3.33. The van der Waals surface area contributed by atoms with E-state index in [1.54, 1.807) is 30.3 Å². The van der Waals surface area contributed by atoms with Crippen LogP contribution in [0.25, 0.3) is 0 Å². The van der Waals surface area contributed by atoms with Gasteiger partial charge in [0.1, 0.15) is 5.75 Å². The van der Waals surface area contributed by atoms with Gasteiger partial charge in [0.05, 0.1) is 13.3 Å². The lowest BCUT2D eigenvalue weighted by molar-refractivity contribution is -0.123. The SMILES string of the molecule is CCNC(=O)COc1ccc(/C=N\NC(=O)c2cccc(O)c2)cc1OC. The number of ether oxygens (including phenoxy) is 2. The Hall–Kier alpha value is -3.55. The van der Waals surface area contributed by atoms with Crippen LogP contribution in [-0.4, -0.2) is 43.4 Å². The molecule has 2 rings (SSSR count). The fourth-order valence-electron chi connectivity index (χ4n) is 2.15. The van der Waals surface area contributed by atoms with E-state index in [0.717, 1.165) is 0 Å². The molecule has 0 bridgehead atoms. The Labute approximate surface area is 156 Å². The molecule has 3 N–H and O–H groups in total. The van der Waals surface area contributed by atoms with Gasteiger partial charge in [-0.3, -0.25) is 9.59 Å². The third kappa shape index (κ3) is 6.03. The summed E-state index contributed by atoms with van der Waals surface area (Å²) in [4.78, 5) is 23.4. The normalized spacial score (nSPS) is 10.4. The van der Waals surface area contributed by atoms with Gasteiger partial charge in [-0.25, -0.2) is 5.43 Å². The van der Waals surface area contributed by atoms with Gasteiger partial charge in [-0.2, -0.15) is 5.10 Å². The monoisotopic (exact) mass is 371 g/mol. The quantitative estimate of drug-likeness (QED) is 0.483. The Balaban J connectivity index is 1.99. The largest absolute Gasteiger partial charge is 0.508 e. The van der Waals surface area contributed by atoms with Crippen molar-refractivity contribution in [3.63, 3.8) is 0 Å². The van der Waals surface area contributed by atoms with Gasteiger partial charge in [0, 0.05) is 12.1 Å². The number of carbonyl (C=O) groups is 2. The zero-order valence-corrected chi connectivity index (χ0v) is 15.1. The topological polar surface area (TPSA) is 109 Å². The molecule has 0 saturated heterocycles. The van der Waals surface area contributed by atoms with Crippen LogP contribution in [-0.2, 0) is 4.79 Å². The number of benzene rings is 2. The molecular formula is C19H21N3O5. The summed E-state index contributed by atoms with van der Waals surface area (Å²) in [6.07, 6.45) is 1.44. The first-order chi connectivity index (χ1) is 13.0. The van der Waals surface area contributed by atoms with Gasteiger partial charge in [-0.1, -0.05) is 6.07 Å². The molecule has 2 aromatic rings. The van der Waals surface area contributed by atoms with Gasteiger partial charge in [0.15, 0.2) is 18.1 Å². The second-order valence-corrected chi connectivity index (χ2v) is 5.40. The first-order valence-electron chi connectivity index (χ1n) is 8.23. The molecule has 8 heteroatoms. The summed E-state index contributed by atoms with van der Waals surface area (Å²) >= 11 is 0. The number of nitrogens with one attached hydrogen (secondary N) is 2. The van der Waals surface area contributed by atoms with Crippen molar-refractivity contribution in [2.75, 3.05) is 20.3 Å². The number of hydrogen-bond acceptors (Lipinski definition) is 6. The third-order valence-electron chi connectivity index (χ3n) is 3.41. The van der Waals surface area contributed by atoms with E-state index in [1.165, 1.54) is 25.5 Å². The number of carbonyl (C=O) groups excluding carboxylic acids is 2. The Morgan fingerprint density at radius 1 is 1.19 bits per heavy atom. The second kappa shape index (κ2) is 9.81. The van der Waals surface area contributed by atoms with Gasteiger partial charge >= 0.3 is 0 Å². The van der Waals surface area contributed by atoms with Gasteiger partial charge in [0.2, 0.25) is 0 Å². The Bertz CT molecular complexity index is 836. The molecule has 0 saturated carbocycles. The average Bonchev–Trinajstić information content (AvgIpc) is 2.67. The van der Waals surface area contributed by atoms with E-state index >= 15 is 0 Å². The number of methoxy groups -OCH3 is 1. The average molecular weight is 371 g/mol. The summed E-state index contributed by atoms with van der Waals surface area (Å²) in [7, 11) is 1.49. The number of phenols is 1. The minimum atomic E-state index is -0.448. The Morgan fingerprint density at radius 3 is 2.70 bits per heavy atom. The first-order valence-corrected chi connectivity index (χ1v) is 8.23. The molecule has 0 fully saturated rings.